The molecule has 1 saturated heterocycles. The van der Waals surface area contributed by atoms with Crippen molar-refractivity contribution in [1.82, 2.24) is 4.90 Å². The largest absolute Gasteiger partial charge is 0.389 e. The summed E-state index contributed by atoms with van der Waals surface area (Å²) in [5.74, 6) is 0. The molecule has 1 atom stereocenters. The maximum Gasteiger partial charge on any atom is 0.103 e. The van der Waals surface area contributed by atoms with E-state index in [1.807, 2.05) is 24.3 Å². The van der Waals surface area contributed by atoms with E-state index in [1.165, 1.54) is 19.4 Å². The quantitative estimate of drug-likeness (QED) is 0.799. The number of anilines is 1. The molecule has 1 aromatic carbocycles. The first-order valence-corrected chi connectivity index (χ1v) is 6.99. The smallest absolute Gasteiger partial charge is 0.103 e. The number of likely N-dealkylation sites (tertiary alicyclic amines) is 1. The van der Waals surface area contributed by atoms with Gasteiger partial charge >= 0.3 is 0 Å². The molecule has 0 aromatic heterocycles. The van der Waals surface area contributed by atoms with Gasteiger partial charge in [0.15, 0.2) is 0 Å². The number of benzene rings is 1. The van der Waals surface area contributed by atoms with Crippen molar-refractivity contribution in [2.24, 2.45) is 5.73 Å². The molecular weight excluding hydrogens is 242 g/mol. The molecule has 1 aliphatic rings. The summed E-state index contributed by atoms with van der Waals surface area (Å²) in [6, 6.07) is 8.69. The van der Waals surface area contributed by atoms with Crippen LogP contribution in [0.2, 0.25) is 0 Å². The van der Waals surface area contributed by atoms with E-state index in [2.05, 4.69) is 17.1 Å². The van der Waals surface area contributed by atoms with Crippen LogP contribution in [0.3, 0.4) is 0 Å². The van der Waals surface area contributed by atoms with E-state index in [1.54, 1.807) is 0 Å². The monoisotopic (exact) mass is 263 g/mol. The summed E-state index contributed by atoms with van der Waals surface area (Å²) >= 11 is 4.94. The number of thiocarbonyl (C=S) groups is 1. The van der Waals surface area contributed by atoms with E-state index >= 15 is 0 Å². The zero-order chi connectivity index (χ0) is 13.0. The molecule has 18 heavy (non-hydrogen) atoms. The first-order chi connectivity index (χ1) is 8.70. The van der Waals surface area contributed by atoms with E-state index in [0.29, 0.717) is 11.0 Å². The third kappa shape index (κ3) is 3.21. The van der Waals surface area contributed by atoms with E-state index in [4.69, 9.17) is 18.0 Å². The number of nitrogens with one attached hydrogen (secondary N) is 1. The second-order valence-electron chi connectivity index (χ2n) is 4.75. The predicted octanol–water partition coefficient (Wildman–Crippen LogP) is 2.22. The second kappa shape index (κ2) is 6.16. The summed E-state index contributed by atoms with van der Waals surface area (Å²) in [6.45, 7) is 5.63. The molecule has 3 nitrogen and oxygen atoms in total. The lowest BCUT2D eigenvalue weighted by molar-refractivity contribution is 0.277. The summed E-state index contributed by atoms with van der Waals surface area (Å²) in [7, 11) is 0. The molecule has 0 radical (unpaired) electrons. The van der Waals surface area contributed by atoms with Crippen LogP contribution in [0, 0.1) is 0 Å². The van der Waals surface area contributed by atoms with Gasteiger partial charge < -0.3 is 11.1 Å². The van der Waals surface area contributed by atoms with Crippen LogP contribution < -0.4 is 11.1 Å². The van der Waals surface area contributed by atoms with Crippen molar-refractivity contribution in [3.63, 3.8) is 0 Å². The van der Waals surface area contributed by atoms with E-state index in [9.17, 15) is 0 Å². The molecule has 1 fully saturated rings. The van der Waals surface area contributed by atoms with Crippen molar-refractivity contribution in [3.05, 3.63) is 29.8 Å². The predicted molar refractivity (Wildman–Crippen MR) is 81.1 cm³/mol. The topological polar surface area (TPSA) is 41.3 Å². The molecule has 0 amide bonds. The second-order valence-corrected chi connectivity index (χ2v) is 5.19. The van der Waals surface area contributed by atoms with Gasteiger partial charge in [0, 0.05) is 23.8 Å². The third-order valence-corrected chi connectivity index (χ3v) is 3.85. The number of likely N-dealkylation sites (N-methyl/N-ethyl adjacent to an activating group) is 1. The van der Waals surface area contributed by atoms with Crippen molar-refractivity contribution in [1.29, 1.82) is 0 Å². The van der Waals surface area contributed by atoms with Crippen LogP contribution in [-0.2, 0) is 0 Å². The maximum absolute atomic E-state index is 5.58. The SMILES string of the molecule is CCN1CCCC1CNc1ccc(C(N)=S)cc1. The minimum absolute atomic E-state index is 0.453. The normalized spacial score (nSPS) is 19.9. The Labute approximate surface area is 114 Å². The van der Waals surface area contributed by atoms with Crippen molar-refractivity contribution in [2.75, 3.05) is 25.0 Å². The highest BCUT2D eigenvalue weighted by atomic mass is 32.1. The highest BCUT2D eigenvalue weighted by Crippen LogP contribution is 2.17. The van der Waals surface area contributed by atoms with Gasteiger partial charge in [0.05, 0.1) is 0 Å². The summed E-state index contributed by atoms with van der Waals surface area (Å²) < 4.78 is 0. The fourth-order valence-corrected chi connectivity index (χ4v) is 2.67. The zero-order valence-corrected chi connectivity index (χ0v) is 11.7. The number of rotatable bonds is 5. The van der Waals surface area contributed by atoms with Gasteiger partial charge in [-0.3, -0.25) is 4.90 Å². The number of nitrogens with two attached hydrogens (primary N) is 1. The minimum atomic E-state index is 0.453. The van der Waals surface area contributed by atoms with E-state index in [0.717, 1.165) is 24.3 Å². The summed E-state index contributed by atoms with van der Waals surface area (Å²) in [5.41, 5.74) is 7.64. The Morgan fingerprint density at radius 2 is 2.17 bits per heavy atom. The molecule has 0 bridgehead atoms. The Morgan fingerprint density at radius 1 is 1.44 bits per heavy atom. The third-order valence-electron chi connectivity index (χ3n) is 3.62. The van der Waals surface area contributed by atoms with Crippen molar-refractivity contribution < 1.29 is 0 Å². The van der Waals surface area contributed by atoms with Crippen molar-refractivity contribution in [2.45, 2.75) is 25.8 Å². The lowest BCUT2D eigenvalue weighted by Gasteiger charge is -2.23. The molecule has 1 heterocycles. The van der Waals surface area contributed by atoms with Crippen LogP contribution in [-0.4, -0.2) is 35.6 Å². The maximum atomic E-state index is 5.58. The van der Waals surface area contributed by atoms with Crippen molar-refractivity contribution >= 4 is 22.9 Å². The standard InChI is InChI=1S/C14H21N3S/c1-2-17-9-3-4-13(17)10-16-12-7-5-11(6-8-12)14(15)18/h5-8,13,16H,2-4,9-10H2,1H3,(H2,15,18). The van der Waals surface area contributed by atoms with Crippen molar-refractivity contribution in [3.8, 4) is 0 Å². The van der Waals surface area contributed by atoms with E-state index < -0.39 is 0 Å². The highest BCUT2D eigenvalue weighted by molar-refractivity contribution is 7.80. The molecule has 1 unspecified atom stereocenters. The van der Waals surface area contributed by atoms with Gasteiger partial charge in [0.2, 0.25) is 0 Å². The molecule has 1 aromatic rings. The highest BCUT2D eigenvalue weighted by Gasteiger charge is 2.22. The van der Waals surface area contributed by atoms with Gasteiger partial charge in [-0.15, -0.1) is 0 Å². The Kier molecular flexibility index (Phi) is 4.55. The summed E-state index contributed by atoms with van der Waals surface area (Å²) in [4.78, 5) is 2.99. The Hall–Kier alpha value is -1.13. The molecular formula is C14H21N3S. The van der Waals surface area contributed by atoms with Gasteiger partial charge in [-0.25, -0.2) is 0 Å². The summed E-state index contributed by atoms with van der Waals surface area (Å²) in [5, 5.41) is 3.49. The van der Waals surface area contributed by atoms with Crippen LogP contribution in [0.5, 0.6) is 0 Å². The van der Waals surface area contributed by atoms with Gasteiger partial charge in [0.1, 0.15) is 4.99 Å². The van der Waals surface area contributed by atoms with Crippen LogP contribution in [0.15, 0.2) is 24.3 Å². The Balaban J connectivity index is 1.88. The fraction of sp³-hybridized carbons (Fsp3) is 0.500. The Morgan fingerprint density at radius 3 is 2.78 bits per heavy atom. The van der Waals surface area contributed by atoms with Crippen LogP contribution in [0.25, 0.3) is 0 Å². The molecule has 98 valence electrons. The fourth-order valence-electron chi connectivity index (χ4n) is 2.53. The molecule has 3 N–H and O–H groups in total. The van der Waals surface area contributed by atoms with Gasteiger partial charge in [0.25, 0.3) is 0 Å². The molecule has 0 aliphatic carbocycles. The first-order valence-electron chi connectivity index (χ1n) is 6.58. The lowest BCUT2D eigenvalue weighted by Crippen LogP contribution is -2.34. The van der Waals surface area contributed by atoms with Gasteiger partial charge in [-0.1, -0.05) is 19.1 Å². The molecule has 2 rings (SSSR count). The molecule has 4 heteroatoms. The first kappa shape index (κ1) is 13.3. The van der Waals surface area contributed by atoms with Crippen LogP contribution in [0.1, 0.15) is 25.3 Å². The zero-order valence-electron chi connectivity index (χ0n) is 10.9. The molecule has 0 spiro atoms. The van der Waals surface area contributed by atoms with E-state index in [-0.39, 0.29) is 0 Å². The number of hydrogen-bond acceptors (Lipinski definition) is 3. The average Bonchev–Trinajstić information content (AvgIpc) is 2.84. The van der Waals surface area contributed by atoms with Gasteiger partial charge in [-0.05, 0) is 50.2 Å². The number of nitrogens with zero attached hydrogens (tertiary/aromatic N) is 1. The lowest BCUT2D eigenvalue weighted by atomic mass is 10.2. The van der Waals surface area contributed by atoms with Gasteiger partial charge in [-0.2, -0.15) is 0 Å². The Bertz CT molecular complexity index is 402. The summed E-state index contributed by atoms with van der Waals surface area (Å²) in [6.07, 6.45) is 2.62. The van der Waals surface area contributed by atoms with Crippen LogP contribution >= 0.6 is 12.2 Å². The average molecular weight is 263 g/mol. The molecule has 1 aliphatic heterocycles. The molecule has 0 saturated carbocycles. The minimum Gasteiger partial charge on any atom is -0.389 e. The van der Waals surface area contributed by atoms with Crippen LogP contribution in [0.4, 0.5) is 5.69 Å². The number of hydrogen-bond donors (Lipinski definition) is 2.